The topological polar surface area (TPSA) is 38.9 Å². The number of aromatic nitrogens is 1. The van der Waals surface area contributed by atoms with Crippen LogP contribution in [0, 0.1) is 13.8 Å². The van der Waals surface area contributed by atoms with E-state index in [0.717, 1.165) is 6.42 Å². The zero-order valence-electron chi connectivity index (χ0n) is 10.4. The Morgan fingerprint density at radius 1 is 1.24 bits per heavy atom. The molecule has 2 N–H and O–H groups in total. The van der Waals surface area contributed by atoms with Crippen LogP contribution in [0.4, 0.5) is 0 Å². The molecule has 1 aromatic carbocycles. The minimum absolute atomic E-state index is 0.0415. The summed E-state index contributed by atoms with van der Waals surface area (Å²) in [5.74, 6) is 0. The number of benzene rings is 1. The molecular formula is C15H18N2. The van der Waals surface area contributed by atoms with Crippen LogP contribution in [-0.2, 0) is 6.42 Å². The van der Waals surface area contributed by atoms with Gasteiger partial charge in [-0.1, -0.05) is 29.8 Å². The van der Waals surface area contributed by atoms with Crippen LogP contribution >= 0.6 is 0 Å². The Balaban J connectivity index is 2.17. The molecule has 0 amide bonds. The normalized spacial score (nSPS) is 12.4. The van der Waals surface area contributed by atoms with Crippen molar-refractivity contribution in [2.45, 2.75) is 26.3 Å². The molecule has 1 atom stereocenters. The summed E-state index contributed by atoms with van der Waals surface area (Å²) in [5.41, 5.74) is 11.2. The van der Waals surface area contributed by atoms with Gasteiger partial charge in [0.05, 0.1) is 0 Å². The molecule has 0 spiro atoms. The molecule has 0 fully saturated rings. The summed E-state index contributed by atoms with van der Waals surface area (Å²) in [4.78, 5) is 4.11. The van der Waals surface area contributed by atoms with E-state index in [1.807, 2.05) is 12.3 Å². The predicted octanol–water partition coefficient (Wildman–Crippen LogP) is 2.94. The average molecular weight is 226 g/mol. The molecule has 0 bridgehead atoms. The van der Waals surface area contributed by atoms with E-state index < -0.39 is 0 Å². The Morgan fingerprint density at radius 3 is 2.71 bits per heavy atom. The van der Waals surface area contributed by atoms with Crippen LogP contribution in [0.15, 0.2) is 42.7 Å². The van der Waals surface area contributed by atoms with E-state index in [4.69, 9.17) is 5.73 Å². The summed E-state index contributed by atoms with van der Waals surface area (Å²) in [6.45, 7) is 4.22. The van der Waals surface area contributed by atoms with Gasteiger partial charge < -0.3 is 5.73 Å². The van der Waals surface area contributed by atoms with E-state index in [-0.39, 0.29) is 6.04 Å². The SMILES string of the molecule is Cc1ccc(C(N)Cc2cccnc2)c(C)c1. The zero-order chi connectivity index (χ0) is 12.3. The van der Waals surface area contributed by atoms with E-state index >= 15 is 0 Å². The van der Waals surface area contributed by atoms with E-state index in [9.17, 15) is 0 Å². The van der Waals surface area contributed by atoms with E-state index in [1.165, 1.54) is 22.3 Å². The third-order valence-corrected chi connectivity index (χ3v) is 3.00. The Labute approximate surface area is 103 Å². The maximum absolute atomic E-state index is 6.25. The highest BCUT2D eigenvalue weighted by Crippen LogP contribution is 2.20. The van der Waals surface area contributed by atoms with Crippen LogP contribution in [0.1, 0.15) is 28.3 Å². The molecule has 1 unspecified atom stereocenters. The largest absolute Gasteiger partial charge is 0.324 e. The third-order valence-electron chi connectivity index (χ3n) is 3.00. The molecule has 0 aliphatic heterocycles. The van der Waals surface area contributed by atoms with Crippen molar-refractivity contribution in [3.05, 3.63) is 65.0 Å². The van der Waals surface area contributed by atoms with Crippen molar-refractivity contribution < 1.29 is 0 Å². The first kappa shape index (κ1) is 11.8. The van der Waals surface area contributed by atoms with Crippen LogP contribution in [0.5, 0.6) is 0 Å². The molecule has 0 saturated carbocycles. The second-order valence-electron chi connectivity index (χ2n) is 4.53. The van der Waals surface area contributed by atoms with Crippen LogP contribution in [0.2, 0.25) is 0 Å². The minimum Gasteiger partial charge on any atom is -0.324 e. The summed E-state index contributed by atoms with van der Waals surface area (Å²) in [6, 6.07) is 10.5. The molecule has 2 heteroatoms. The first-order valence-electron chi connectivity index (χ1n) is 5.88. The number of rotatable bonds is 3. The lowest BCUT2D eigenvalue weighted by Crippen LogP contribution is -2.14. The van der Waals surface area contributed by atoms with Crippen molar-refractivity contribution in [2.75, 3.05) is 0 Å². The van der Waals surface area contributed by atoms with Gasteiger partial charge in [0.2, 0.25) is 0 Å². The third kappa shape index (κ3) is 2.92. The second-order valence-corrected chi connectivity index (χ2v) is 4.53. The van der Waals surface area contributed by atoms with Crippen LogP contribution < -0.4 is 5.73 Å². The number of aryl methyl sites for hydroxylation is 2. The van der Waals surface area contributed by atoms with Crippen LogP contribution in [-0.4, -0.2) is 4.98 Å². The summed E-state index contributed by atoms with van der Waals surface area (Å²) in [7, 11) is 0. The summed E-state index contributed by atoms with van der Waals surface area (Å²) >= 11 is 0. The highest BCUT2D eigenvalue weighted by molar-refractivity contribution is 5.33. The number of hydrogen-bond acceptors (Lipinski definition) is 2. The molecule has 1 heterocycles. The highest BCUT2D eigenvalue weighted by atomic mass is 14.6. The van der Waals surface area contributed by atoms with Crippen LogP contribution in [0.3, 0.4) is 0 Å². The maximum atomic E-state index is 6.25. The van der Waals surface area contributed by atoms with Gasteiger partial charge in [-0.3, -0.25) is 4.98 Å². The number of hydrogen-bond donors (Lipinski definition) is 1. The Bertz CT molecular complexity index is 492. The van der Waals surface area contributed by atoms with Crippen LogP contribution in [0.25, 0.3) is 0 Å². The number of nitrogens with zero attached hydrogens (tertiary/aromatic N) is 1. The fourth-order valence-corrected chi connectivity index (χ4v) is 2.12. The number of pyridine rings is 1. The van der Waals surface area contributed by atoms with E-state index in [1.54, 1.807) is 6.20 Å². The first-order chi connectivity index (χ1) is 8.16. The van der Waals surface area contributed by atoms with Gasteiger partial charge >= 0.3 is 0 Å². The number of nitrogens with two attached hydrogens (primary N) is 1. The lowest BCUT2D eigenvalue weighted by molar-refractivity contribution is 0.714. The van der Waals surface area contributed by atoms with Gasteiger partial charge in [-0.25, -0.2) is 0 Å². The van der Waals surface area contributed by atoms with Gasteiger partial charge in [0, 0.05) is 18.4 Å². The lowest BCUT2D eigenvalue weighted by atomic mass is 9.95. The highest BCUT2D eigenvalue weighted by Gasteiger charge is 2.09. The molecule has 17 heavy (non-hydrogen) atoms. The molecule has 0 aliphatic carbocycles. The van der Waals surface area contributed by atoms with Gasteiger partial charge in [0.25, 0.3) is 0 Å². The minimum atomic E-state index is 0.0415. The maximum Gasteiger partial charge on any atom is 0.0338 e. The molecule has 2 nitrogen and oxygen atoms in total. The molecule has 2 aromatic rings. The van der Waals surface area contributed by atoms with Gasteiger partial charge in [-0.2, -0.15) is 0 Å². The molecule has 88 valence electrons. The fraction of sp³-hybridized carbons (Fsp3) is 0.267. The lowest BCUT2D eigenvalue weighted by Gasteiger charge is -2.15. The Kier molecular flexibility index (Phi) is 3.55. The molecule has 1 aromatic heterocycles. The van der Waals surface area contributed by atoms with E-state index in [0.29, 0.717) is 0 Å². The fourth-order valence-electron chi connectivity index (χ4n) is 2.12. The van der Waals surface area contributed by atoms with Crippen molar-refractivity contribution in [3.63, 3.8) is 0 Å². The van der Waals surface area contributed by atoms with Crippen molar-refractivity contribution in [3.8, 4) is 0 Å². The predicted molar refractivity (Wildman–Crippen MR) is 70.8 cm³/mol. The average Bonchev–Trinajstić information content (AvgIpc) is 2.30. The summed E-state index contributed by atoms with van der Waals surface area (Å²) in [6.07, 6.45) is 4.49. The molecule has 0 radical (unpaired) electrons. The van der Waals surface area contributed by atoms with Crippen molar-refractivity contribution in [2.24, 2.45) is 5.73 Å². The monoisotopic (exact) mass is 226 g/mol. The Hall–Kier alpha value is -1.67. The van der Waals surface area contributed by atoms with Crippen molar-refractivity contribution in [1.82, 2.24) is 4.98 Å². The van der Waals surface area contributed by atoms with Crippen molar-refractivity contribution >= 4 is 0 Å². The van der Waals surface area contributed by atoms with Gasteiger partial charge in [-0.05, 0) is 43.0 Å². The summed E-state index contributed by atoms with van der Waals surface area (Å²) < 4.78 is 0. The van der Waals surface area contributed by atoms with Gasteiger partial charge in [0.1, 0.15) is 0 Å². The molecule has 0 saturated heterocycles. The molecule has 0 aliphatic rings. The summed E-state index contributed by atoms with van der Waals surface area (Å²) in [5, 5.41) is 0. The first-order valence-corrected chi connectivity index (χ1v) is 5.88. The molecule has 2 rings (SSSR count). The smallest absolute Gasteiger partial charge is 0.0338 e. The van der Waals surface area contributed by atoms with Gasteiger partial charge in [0.15, 0.2) is 0 Å². The second kappa shape index (κ2) is 5.11. The van der Waals surface area contributed by atoms with E-state index in [2.05, 4.69) is 43.1 Å². The quantitative estimate of drug-likeness (QED) is 0.874. The van der Waals surface area contributed by atoms with Gasteiger partial charge in [-0.15, -0.1) is 0 Å². The van der Waals surface area contributed by atoms with Crippen molar-refractivity contribution in [1.29, 1.82) is 0 Å². The zero-order valence-corrected chi connectivity index (χ0v) is 10.4. The molecular weight excluding hydrogens is 208 g/mol. The standard InChI is InChI=1S/C15H18N2/c1-11-5-6-14(12(2)8-11)15(16)9-13-4-3-7-17-10-13/h3-8,10,15H,9,16H2,1-2H3. The Morgan fingerprint density at radius 2 is 2.06 bits per heavy atom.